The summed E-state index contributed by atoms with van der Waals surface area (Å²) in [5.41, 5.74) is 1.20. The molecule has 2 atom stereocenters. The second-order valence-corrected chi connectivity index (χ2v) is 6.22. The van der Waals surface area contributed by atoms with Gasteiger partial charge in [0.05, 0.1) is 10.0 Å². The van der Waals surface area contributed by atoms with Crippen LogP contribution in [0.4, 0.5) is 5.69 Å². The topological polar surface area (TPSA) is 6.48 Å². The van der Waals surface area contributed by atoms with Crippen molar-refractivity contribution >= 4 is 28.9 Å². The van der Waals surface area contributed by atoms with Gasteiger partial charge in [-0.05, 0) is 38.1 Å². The maximum Gasteiger partial charge on any atom is 0.0612 e. The number of hydrogen-bond acceptors (Lipinski definition) is 2. The molecule has 3 rings (SSSR count). The number of fused-ring (bicyclic) bond motifs is 2. The van der Waals surface area contributed by atoms with Crippen molar-refractivity contribution in [2.24, 2.45) is 0 Å². The quantitative estimate of drug-likeness (QED) is 0.777. The molecule has 2 bridgehead atoms. The van der Waals surface area contributed by atoms with Gasteiger partial charge in [-0.3, -0.25) is 4.90 Å². The summed E-state index contributed by atoms with van der Waals surface area (Å²) in [6.07, 6.45) is 3.99. The average Bonchev–Trinajstić information content (AvgIpc) is 2.32. The lowest BCUT2D eigenvalue weighted by Crippen LogP contribution is -2.59. The van der Waals surface area contributed by atoms with Crippen molar-refractivity contribution in [2.75, 3.05) is 25.0 Å². The number of hydrogen-bond donors (Lipinski definition) is 0. The van der Waals surface area contributed by atoms with Gasteiger partial charge in [0.2, 0.25) is 0 Å². The molecule has 18 heavy (non-hydrogen) atoms. The Balaban J connectivity index is 1.83. The molecule has 98 valence electrons. The van der Waals surface area contributed by atoms with Crippen molar-refractivity contribution in [2.45, 2.75) is 31.3 Å². The lowest BCUT2D eigenvalue weighted by Gasteiger charge is -2.49. The van der Waals surface area contributed by atoms with Crippen LogP contribution in [-0.2, 0) is 0 Å². The minimum absolute atomic E-state index is 0.634. The highest BCUT2D eigenvalue weighted by molar-refractivity contribution is 6.42. The van der Waals surface area contributed by atoms with Crippen LogP contribution in [0.2, 0.25) is 10.0 Å². The SMILES string of the molecule is CN1C2CCCC1CN(c1ccc(Cl)c(Cl)c1)C2. The van der Waals surface area contributed by atoms with Gasteiger partial charge >= 0.3 is 0 Å². The number of likely N-dealkylation sites (N-methyl/N-ethyl adjacent to an activating group) is 1. The first-order valence-corrected chi connectivity index (χ1v) is 7.32. The number of nitrogens with zero attached hydrogens (tertiary/aromatic N) is 2. The van der Waals surface area contributed by atoms with Crippen molar-refractivity contribution < 1.29 is 0 Å². The van der Waals surface area contributed by atoms with Crippen LogP contribution >= 0.6 is 23.2 Å². The van der Waals surface area contributed by atoms with Gasteiger partial charge in [-0.25, -0.2) is 0 Å². The van der Waals surface area contributed by atoms with Crippen LogP contribution in [0.3, 0.4) is 0 Å². The molecule has 1 aromatic carbocycles. The summed E-state index contributed by atoms with van der Waals surface area (Å²) in [5, 5.41) is 1.29. The monoisotopic (exact) mass is 284 g/mol. The predicted molar refractivity (Wildman–Crippen MR) is 77.9 cm³/mol. The van der Waals surface area contributed by atoms with Crippen LogP contribution in [0.15, 0.2) is 18.2 Å². The van der Waals surface area contributed by atoms with E-state index in [1.165, 1.54) is 24.9 Å². The summed E-state index contributed by atoms with van der Waals surface area (Å²) < 4.78 is 0. The first-order valence-electron chi connectivity index (χ1n) is 6.57. The van der Waals surface area contributed by atoms with Crippen LogP contribution in [-0.4, -0.2) is 37.1 Å². The van der Waals surface area contributed by atoms with Crippen LogP contribution < -0.4 is 4.90 Å². The molecule has 2 saturated heterocycles. The fraction of sp³-hybridized carbons (Fsp3) is 0.571. The first-order chi connectivity index (χ1) is 8.65. The second-order valence-electron chi connectivity index (χ2n) is 5.41. The van der Waals surface area contributed by atoms with E-state index in [0.717, 1.165) is 13.1 Å². The van der Waals surface area contributed by atoms with E-state index in [0.29, 0.717) is 22.1 Å². The van der Waals surface area contributed by atoms with Gasteiger partial charge in [0.15, 0.2) is 0 Å². The zero-order chi connectivity index (χ0) is 12.7. The van der Waals surface area contributed by atoms with Crippen molar-refractivity contribution in [3.63, 3.8) is 0 Å². The van der Waals surface area contributed by atoms with E-state index in [9.17, 15) is 0 Å². The van der Waals surface area contributed by atoms with Gasteiger partial charge in [-0.2, -0.15) is 0 Å². The van der Waals surface area contributed by atoms with Gasteiger partial charge in [0.25, 0.3) is 0 Å². The molecular formula is C14H18Cl2N2. The normalized spacial score (nSPS) is 28.5. The van der Waals surface area contributed by atoms with E-state index in [-0.39, 0.29) is 0 Å². The van der Waals surface area contributed by atoms with Crippen LogP contribution in [0.25, 0.3) is 0 Å². The minimum Gasteiger partial charge on any atom is -0.368 e. The molecule has 0 N–H and O–H groups in total. The van der Waals surface area contributed by atoms with Gasteiger partial charge in [0, 0.05) is 30.9 Å². The summed E-state index contributed by atoms with van der Waals surface area (Å²) >= 11 is 12.1. The van der Waals surface area contributed by atoms with E-state index in [2.05, 4.69) is 22.9 Å². The van der Waals surface area contributed by atoms with Crippen LogP contribution in [0.5, 0.6) is 0 Å². The molecule has 2 fully saturated rings. The molecule has 0 spiro atoms. The highest BCUT2D eigenvalue weighted by Crippen LogP contribution is 2.32. The Labute approximate surface area is 118 Å². The molecule has 2 unspecified atom stereocenters. The van der Waals surface area contributed by atoms with Crippen LogP contribution in [0.1, 0.15) is 19.3 Å². The number of rotatable bonds is 1. The molecule has 0 aliphatic carbocycles. The Morgan fingerprint density at radius 1 is 1.06 bits per heavy atom. The number of piperazine rings is 1. The first kappa shape index (κ1) is 12.6. The molecule has 2 aliphatic rings. The number of anilines is 1. The Hall–Kier alpha value is -0.440. The Bertz CT molecular complexity index is 435. The number of halogens is 2. The molecule has 0 aromatic heterocycles. The minimum atomic E-state index is 0.634. The molecule has 0 amide bonds. The Morgan fingerprint density at radius 3 is 2.33 bits per heavy atom. The largest absolute Gasteiger partial charge is 0.368 e. The molecule has 1 aromatic rings. The van der Waals surface area contributed by atoms with Crippen molar-refractivity contribution in [1.29, 1.82) is 0 Å². The van der Waals surface area contributed by atoms with Crippen molar-refractivity contribution in [3.8, 4) is 0 Å². The molecule has 0 saturated carbocycles. The Kier molecular flexibility index (Phi) is 3.44. The lowest BCUT2D eigenvalue weighted by atomic mass is 9.92. The fourth-order valence-corrected chi connectivity index (χ4v) is 3.50. The molecular weight excluding hydrogens is 267 g/mol. The average molecular weight is 285 g/mol. The Morgan fingerprint density at radius 2 is 1.72 bits per heavy atom. The smallest absolute Gasteiger partial charge is 0.0612 e. The molecule has 0 radical (unpaired) electrons. The number of benzene rings is 1. The third-order valence-corrected chi connectivity index (χ3v) is 5.10. The van der Waals surface area contributed by atoms with E-state index in [4.69, 9.17) is 23.2 Å². The summed E-state index contributed by atoms with van der Waals surface area (Å²) in [7, 11) is 2.26. The van der Waals surface area contributed by atoms with E-state index < -0.39 is 0 Å². The van der Waals surface area contributed by atoms with E-state index >= 15 is 0 Å². The van der Waals surface area contributed by atoms with E-state index in [1.54, 1.807) is 0 Å². The van der Waals surface area contributed by atoms with E-state index in [1.807, 2.05) is 12.1 Å². The van der Waals surface area contributed by atoms with Gasteiger partial charge in [0.1, 0.15) is 0 Å². The van der Waals surface area contributed by atoms with Crippen molar-refractivity contribution in [3.05, 3.63) is 28.2 Å². The summed E-state index contributed by atoms with van der Waals surface area (Å²) in [6, 6.07) is 7.34. The highest BCUT2D eigenvalue weighted by atomic mass is 35.5. The number of piperidine rings is 1. The highest BCUT2D eigenvalue weighted by Gasteiger charge is 2.34. The van der Waals surface area contributed by atoms with Crippen LogP contribution in [0, 0.1) is 0 Å². The molecule has 4 heteroatoms. The van der Waals surface area contributed by atoms with Gasteiger partial charge < -0.3 is 4.90 Å². The third-order valence-electron chi connectivity index (χ3n) is 4.36. The lowest BCUT2D eigenvalue weighted by molar-refractivity contribution is 0.0950. The summed E-state index contributed by atoms with van der Waals surface area (Å²) in [6.45, 7) is 2.20. The predicted octanol–water partition coefficient (Wildman–Crippen LogP) is 3.67. The second kappa shape index (κ2) is 4.92. The molecule has 2 heterocycles. The van der Waals surface area contributed by atoms with Crippen molar-refractivity contribution in [1.82, 2.24) is 4.90 Å². The third kappa shape index (κ3) is 2.22. The maximum atomic E-state index is 6.11. The zero-order valence-corrected chi connectivity index (χ0v) is 12.1. The fourth-order valence-electron chi connectivity index (χ4n) is 3.21. The zero-order valence-electron chi connectivity index (χ0n) is 10.6. The maximum absolute atomic E-state index is 6.11. The summed E-state index contributed by atoms with van der Waals surface area (Å²) in [5.74, 6) is 0. The molecule has 2 aliphatic heterocycles. The summed E-state index contributed by atoms with van der Waals surface area (Å²) in [4.78, 5) is 5.01. The van der Waals surface area contributed by atoms with Gasteiger partial charge in [-0.15, -0.1) is 0 Å². The standard InChI is InChI=1S/C14H18Cl2N2/c1-17-11-3-2-4-12(17)9-18(8-11)10-5-6-13(15)14(16)7-10/h5-7,11-12H,2-4,8-9H2,1H3. The molecule has 2 nitrogen and oxygen atoms in total. The van der Waals surface area contributed by atoms with Gasteiger partial charge in [-0.1, -0.05) is 29.6 Å².